The van der Waals surface area contributed by atoms with Gasteiger partial charge < -0.3 is 15.0 Å². The van der Waals surface area contributed by atoms with Gasteiger partial charge in [-0.05, 0) is 66.2 Å². The van der Waals surface area contributed by atoms with Crippen molar-refractivity contribution in [2.45, 2.75) is 31.5 Å². The molecule has 2 bridgehead atoms. The number of hydrogen-bond donors (Lipinski definition) is 1. The molecule has 152 valence electrons. The molecule has 4 aliphatic rings. The SMILES string of the molecule is c1ccc(-c2ccc3c(c2)C(NC2CN4CCC2CC4)c2ccccc2CO3)cc1. The highest BCUT2D eigenvalue weighted by Gasteiger charge is 2.37. The van der Waals surface area contributed by atoms with Crippen LogP contribution in [0.15, 0.2) is 72.8 Å². The highest BCUT2D eigenvalue weighted by Crippen LogP contribution is 2.40. The van der Waals surface area contributed by atoms with Crippen LogP contribution in [0.1, 0.15) is 35.6 Å². The molecule has 3 aromatic carbocycles. The van der Waals surface area contributed by atoms with Gasteiger partial charge in [0.25, 0.3) is 0 Å². The second-order valence-corrected chi connectivity index (χ2v) is 8.95. The molecule has 0 saturated carbocycles. The maximum absolute atomic E-state index is 6.30. The van der Waals surface area contributed by atoms with Gasteiger partial charge in [0.05, 0.1) is 6.04 Å². The van der Waals surface area contributed by atoms with Gasteiger partial charge in [-0.1, -0.05) is 60.7 Å². The van der Waals surface area contributed by atoms with E-state index in [0.29, 0.717) is 12.6 Å². The first-order chi connectivity index (χ1) is 14.8. The first-order valence-corrected chi connectivity index (χ1v) is 11.2. The molecule has 0 aromatic heterocycles. The van der Waals surface area contributed by atoms with Gasteiger partial charge in [0.2, 0.25) is 0 Å². The summed E-state index contributed by atoms with van der Waals surface area (Å²) in [5.41, 5.74) is 6.40. The van der Waals surface area contributed by atoms with Gasteiger partial charge in [-0.3, -0.25) is 0 Å². The molecule has 0 aliphatic carbocycles. The van der Waals surface area contributed by atoms with E-state index in [1.54, 1.807) is 0 Å². The van der Waals surface area contributed by atoms with Gasteiger partial charge in [-0.15, -0.1) is 0 Å². The Labute approximate surface area is 178 Å². The lowest BCUT2D eigenvalue weighted by Crippen LogP contribution is -2.56. The molecule has 7 rings (SSSR count). The first kappa shape index (κ1) is 18.2. The molecule has 3 nitrogen and oxygen atoms in total. The normalized spacial score (nSPS) is 26.9. The summed E-state index contributed by atoms with van der Waals surface area (Å²) in [5, 5.41) is 4.10. The van der Waals surface area contributed by atoms with E-state index in [2.05, 4.69) is 83.0 Å². The van der Waals surface area contributed by atoms with E-state index in [0.717, 1.165) is 18.2 Å². The summed E-state index contributed by atoms with van der Waals surface area (Å²) in [4.78, 5) is 2.62. The number of piperidine rings is 3. The van der Waals surface area contributed by atoms with Crippen molar-refractivity contribution in [2.24, 2.45) is 5.92 Å². The van der Waals surface area contributed by atoms with Crippen LogP contribution in [0, 0.1) is 5.92 Å². The van der Waals surface area contributed by atoms with E-state index >= 15 is 0 Å². The second-order valence-electron chi connectivity index (χ2n) is 8.95. The topological polar surface area (TPSA) is 24.5 Å². The Hall–Kier alpha value is -2.62. The quantitative estimate of drug-likeness (QED) is 0.673. The molecular weight excluding hydrogens is 368 g/mol. The Bertz CT molecular complexity index is 1040. The van der Waals surface area contributed by atoms with Crippen molar-refractivity contribution >= 4 is 0 Å². The average Bonchev–Trinajstić information content (AvgIpc) is 2.97. The highest BCUT2D eigenvalue weighted by atomic mass is 16.5. The number of hydrogen-bond acceptors (Lipinski definition) is 3. The van der Waals surface area contributed by atoms with Crippen LogP contribution in [0.25, 0.3) is 11.1 Å². The van der Waals surface area contributed by atoms with Crippen molar-refractivity contribution in [1.82, 2.24) is 10.2 Å². The van der Waals surface area contributed by atoms with Crippen molar-refractivity contribution in [1.29, 1.82) is 0 Å². The first-order valence-electron chi connectivity index (χ1n) is 11.2. The predicted octanol–water partition coefficient (Wildman–Crippen LogP) is 5.02. The van der Waals surface area contributed by atoms with Crippen molar-refractivity contribution in [3.63, 3.8) is 0 Å². The second kappa shape index (κ2) is 7.57. The van der Waals surface area contributed by atoms with Crippen LogP contribution in [0.2, 0.25) is 0 Å². The van der Waals surface area contributed by atoms with E-state index < -0.39 is 0 Å². The third-order valence-corrected chi connectivity index (χ3v) is 7.21. The lowest BCUT2D eigenvalue weighted by atomic mass is 9.82. The number of benzene rings is 3. The Kier molecular flexibility index (Phi) is 4.59. The van der Waals surface area contributed by atoms with Gasteiger partial charge in [0, 0.05) is 18.2 Å². The van der Waals surface area contributed by atoms with Gasteiger partial charge in [-0.2, -0.15) is 0 Å². The van der Waals surface area contributed by atoms with Crippen LogP contribution >= 0.6 is 0 Å². The number of nitrogens with one attached hydrogen (secondary N) is 1. The average molecular weight is 397 g/mol. The van der Waals surface area contributed by atoms with Crippen LogP contribution in [0.4, 0.5) is 0 Å². The molecule has 3 heteroatoms. The molecule has 3 aromatic rings. The Morgan fingerprint density at radius 3 is 2.40 bits per heavy atom. The van der Waals surface area contributed by atoms with Crippen LogP contribution < -0.4 is 10.1 Å². The number of nitrogens with zero attached hydrogens (tertiary/aromatic N) is 1. The fraction of sp³-hybridized carbons (Fsp3) is 0.333. The maximum Gasteiger partial charge on any atom is 0.124 e. The monoisotopic (exact) mass is 396 g/mol. The molecule has 0 radical (unpaired) electrons. The Morgan fingerprint density at radius 1 is 0.800 bits per heavy atom. The van der Waals surface area contributed by atoms with Gasteiger partial charge in [0.15, 0.2) is 0 Å². The van der Waals surface area contributed by atoms with Gasteiger partial charge in [0.1, 0.15) is 12.4 Å². The van der Waals surface area contributed by atoms with Gasteiger partial charge in [-0.25, -0.2) is 0 Å². The van der Waals surface area contributed by atoms with Crippen molar-refractivity contribution < 1.29 is 4.74 Å². The zero-order valence-corrected chi connectivity index (χ0v) is 17.3. The predicted molar refractivity (Wildman–Crippen MR) is 121 cm³/mol. The molecule has 2 unspecified atom stereocenters. The van der Waals surface area contributed by atoms with Crippen LogP contribution in [-0.2, 0) is 6.61 Å². The minimum absolute atomic E-state index is 0.160. The molecule has 2 atom stereocenters. The standard InChI is InChI=1S/C27H28N2O/c1-2-6-19(7-3-1)21-10-11-26-24(16-21)27(23-9-5-4-8-22(23)18-30-26)28-25-17-29-14-12-20(25)13-15-29/h1-11,16,20,25,27-28H,12-15,17-18H2. The van der Waals surface area contributed by atoms with E-state index in [1.165, 1.54) is 53.7 Å². The van der Waals surface area contributed by atoms with E-state index in [9.17, 15) is 0 Å². The number of ether oxygens (including phenoxy) is 1. The lowest BCUT2D eigenvalue weighted by molar-refractivity contribution is 0.0691. The molecule has 4 aliphatic heterocycles. The summed E-state index contributed by atoms with van der Waals surface area (Å²) in [6.07, 6.45) is 2.64. The van der Waals surface area contributed by atoms with Crippen molar-refractivity contribution in [2.75, 3.05) is 19.6 Å². The molecule has 4 heterocycles. The summed E-state index contributed by atoms with van der Waals surface area (Å²) in [5.74, 6) is 1.79. The van der Waals surface area contributed by atoms with Crippen LogP contribution in [0.5, 0.6) is 5.75 Å². The molecule has 0 spiro atoms. The highest BCUT2D eigenvalue weighted by molar-refractivity contribution is 5.66. The van der Waals surface area contributed by atoms with Crippen molar-refractivity contribution in [3.05, 3.63) is 89.5 Å². The molecule has 3 saturated heterocycles. The smallest absolute Gasteiger partial charge is 0.124 e. The zero-order chi connectivity index (χ0) is 19.9. The summed E-state index contributed by atoms with van der Waals surface area (Å²) < 4.78 is 6.30. The molecular formula is C27H28N2O. The summed E-state index contributed by atoms with van der Waals surface area (Å²) in [7, 11) is 0. The summed E-state index contributed by atoms with van der Waals surface area (Å²) in [6.45, 7) is 4.33. The van der Waals surface area contributed by atoms with Crippen LogP contribution in [-0.4, -0.2) is 30.6 Å². The molecule has 0 amide bonds. The summed E-state index contributed by atoms with van der Waals surface area (Å²) in [6, 6.07) is 26.8. The number of fused-ring (bicyclic) bond motifs is 5. The van der Waals surface area contributed by atoms with Crippen LogP contribution in [0.3, 0.4) is 0 Å². The van der Waals surface area contributed by atoms with Crippen molar-refractivity contribution in [3.8, 4) is 16.9 Å². The Balaban J connectivity index is 1.43. The maximum atomic E-state index is 6.30. The van der Waals surface area contributed by atoms with E-state index in [4.69, 9.17) is 4.74 Å². The molecule has 30 heavy (non-hydrogen) atoms. The van der Waals surface area contributed by atoms with E-state index in [1.807, 2.05) is 0 Å². The zero-order valence-electron chi connectivity index (χ0n) is 17.3. The Morgan fingerprint density at radius 2 is 1.60 bits per heavy atom. The number of rotatable bonds is 3. The molecule has 1 N–H and O–H groups in total. The summed E-state index contributed by atoms with van der Waals surface area (Å²) >= 11 is 0. The van der Waals surface area contributed by atoms with E-state index in [-0.39, 0.29) is 6.04 Å². The minimum atomic E-state index is 0.160. The third-order valence-electron chi connectivity index (χ3n) is 7.21. The minimum Gasteiger partial charge on any atom is -0.489 e. The molecule has 3 fully saturated rings. The lowest BCUT2D eigenvalue weighted by Gasteiger charge is -2.46. The fourth-order valence-corrected chi connectivity index (χ4v) is 5.53. The fourth-order valence-electron chi connectivity index (χ4n) is 5.53. The third kappa shape index (κ3) is 3.23. The largest absolute Gasteiger partial charge is 0.489 e. The van der Waals surface area contributed by atoms with Gasteiger partial charge >= 0.3 is 0 Å².